The van der Waals surface area contributed by atoms with E-state index in [0.717, 1.165) is 0 Å². The molecule has 1 aliphatic rings. The van der Waals surface area contributed by atoms with Crippen LogP contribution in [-0.4, -0.2) is 17.9 Å². The van der Waals surface area contributed by atoms with Crippen LogP contribution in [0.1, 0.15) is 6.42 Å². The Balaban J connectivity index is 2.39. The molecule has 48 valence electrons. The van der Waals surface area contributed by atoms with Crippen LogP contribution in [0.4, 0.5) is 4.39 Å². The first-order chi connectivity index (χ1) is 3.75. The molecule has 0 radical (unpaired) electrons. The van der Waals surface area contributed by atoms with Gasteiger partial charge in [-0.3, -0.25) is 0 Å². The molecule has 1 fully saturated rings. The molecule has 0 saturated heterocycles. The summed E-state index contributed by atoms with van der Waals surface area (Å²) in [6.45, 7) is 0. The van der Waals surface area contributed by atoms with E-state index < -0.39 is 6.17 Å². The van der Waals surface area contributed by atoms with Crippen molar-refractivity contribution in [1.82, 2.24) is 0 Å². The summed E-state index contributed by atoms with van der Waals surface area (Å²) in [5.74, 6) is 0.718. The van der Waals surface area contributed by atoms with Gasteiger partial charge in [0.25, 0.3) is 0 Å². The quantitative estimate of drug-likeness (QED) is 0.539. The van der Waals surface area contributed by atoms with Crippen LogP contribution in [0.2, 0.25) is 0 Å². The molecule has 3 heteroatoms. The first-order valence-corrected chi connectivity index (χ1v) is 3.58. The van der Waals surface area contributed by atoms with Gasteiger partial charge in [0.1, 0.15) is 6.17 Å². The summed E-state index contributed by atoms with van der Waals surface area (Å²) in [7, 11) is 0. The molecule has 1 saturated carbocycles. The molecule has 0 aromatic rings. The number of alkyl halides is 3. The summed E-state index contributed by atoms with van der Waals surface area (Å²) in [4.78, 5) is 0. The van der Waals surface area contributed by atoms with E-state index in [9.17, 15) is 4.39 Å². The van der Waals surface area contributed by atoms with Gasteiger partial charge in [-0.2, -0.15) is 0 Å². The number of hydrogen-bond donors (Lipinski definition) is 0. The summed E-state index contributed by atoms with van der Waals surface area (Å²) in [6, 6.07) is 0. The normalized spacial score (nSPS) is 32.6. The zero-order chi connectivity index (χ0) is 6.20. The zero-order valence-corrected chi connectivity index (χ0v) is 5.84. The fraction of sp³-hybridized carbons (Fsp3) is 1.00. The van der Waals surface area contributed by atoms with Crippen molar-refractivity contribution in [3.8, 4) is 0 Å². The first kappa shape index (κ1) is 6.63. The highest BCUT2D eigenvalue weighted by molar-refractivity contribution is 6.21. The average molecular weight is 157 g/mol. The largest absolute Gasteiger partial charge is 0.247 e. The van der Waals surface area contributed by atoms with Crippen molar-refractivity contribution in [3.63, 3.8) is 0 Å². The van der Waals surface area contributed by atoms with E-state index in [-0.39, 0.29) is 5.41 Å². The molecule has 1 atom stereocenters. The third kappa shape index (κ3) is 0.822. The van der Waals surface area contributed by atoms with Crippen molar-refractivity contribution in [3.05, 3.63) is 0 Å². The van der Waals surface area contributed by atoms with Crippen molar-refractivity contribution < 1.29 is 4.39 Å². The standard InChI is InChI=1S/C5H7Cl2F/c6-2-5(3-7)1-4(5)8/h4H,1-3H2/t4-/m0/s1. The van der Waals surface area contributed by atoms with Gasteiger partial charge < -0.3 is 0 Å². The van der Waals surface area contributed by atoms with Crippen LogP contribution in [0.5, 0.6) is 0 Å². The van der Waals surface area contributed by atoms with Gasteiger partial charge in [0.2, 0.25) is 0 Å². The van der Waals surface area contributed by atoms with Gasteiger partial charge in [0, 0.05) is 17.2 Å². The topological polar surface area (TPSA) is 0 Å². The lowest BCUT2D eigenvalue weighted by atomic mass is 10.2. The van der Waals surface area contributed by atoms with E-state index in [2.05, 4.69) is 0 Å². The number of rotatable bonds is 2. The van der Waals surface area contributed by atoms with Crippen molar-refractivity contribution in [2.24, 2.45) is 5.41 Å². The van der Waals surface area contributed by atoms with Crippen LogP contribution in [-0.2, 0) is 0 Å². The molecule has 0 aromatic carbocycles. The summed E-state index contributed by atoms with van der Waals surface area (Å²) < 4.78 is 12.3. The van der Waals surface area contributed by atoms with Crippen LogP contribution in [0.15, 0.2) is 0 Å². The molecule has 1 rings (SSSR count). The Bertz CT molecular complexity index is 84.9. The third-order valence-electron chi connectivity index (χ3n) is 1.62. The minimum absolute atomic E-state index is 0.344. The van der Waals surface area contributed by atoms with Crippen LogP contribution >= 0.6 is 23.2 Å². The predicted molar refractivity (Wildman–Crippen MR) is 33.4 cm³/mol. The Morgan fingerprint density at radius 1 is 1.50 bits per heavy atom. The van der Waals surface area contributed by atoms with E-state index >= 15 is 0 Å². The van der Waals surface area contributed by atoms with E-state index in [1.807, 2.05) is 0 Å². The molecule has 0 unspecified atom stereocenters. The molecule has 1 aliphatic carbocycles. The van der Waals surface area contributed by atoms with Gasteiger partial charge in [-0.1, -0.05) is 0 Å². The predicted octanol–water partition coefficient (Wildman–Crippen LogP) is 2.19. The lowest BCUT2D eigenvalue weighted by Gasteiger charge is -2.02. The summed E-state index contributed by atoms with van der Waals surface area (Å²) in [5, 5.41) is 0. The minimum atomic E-state index is -0.738. The Labute approximate surface area is 58.0 Å². The zero-order valence-electron chi connectivity index (χ0n) is 4.33. The molecule has 0 bridgehead atoms. The van der Waals surface area contributed by atoms with Gasteiger partial charge in [0.05, 0.1) is 0 Å². The van der Waals surface area contributed by atoms with E-state index in [4.69, 9.17) is 23.2 Å². The second-order valence-electron chi connectivity index (χ2n) is 2.30. The molecular weight excluding hydrogens is 150 g/mol. The van der Waals surface area contributed by atoms with Crippen LogP contribution in [0.25, 0.3) is 0 Å². The second kappa shape index (κ2) is 2.03. The average Bonchev–Trinajstić information content (AvgIpc) is 2.43. The monoisotopic (exact) mass is 156 g/mol. The fourth-order valence-electron chi connectivity index (χ4n) is 0.610. The maximum Gasteiger partial charge on any atom is 0.109 e. The van der Waals surface area contributed by atoms with Crippen LogP contribution in [0, 0.1) is 5.41 Å². The Morgan fingerprint density at radius 3 is 1.88 bits per heavy atom. The Morgan fingerprint density at radius 2 is 1.88 bits per heavy atom. The van der Waals surface area contributed by atoms with Gasteiger partial charge >= 0.3 is 0 Å². The fourth-order valence-corrected chi connectivity index (χ4v) is 1.45. The summed E-state index contributed by atoms with van der Waals surface area (Å²) >= 11 is 10.9. The smallest absolute Gasteiger partial charge is 0.109 e. The van der Waals surface area contributed by atoms with Gasteiger partial charge in [0.15, 0.2) is 0 Å². The highest BCUT2D eigenvalue weighted by Crippen LogP contribution is 2.50. The molecule has 0 amide bonds. The summed E-state index contributed by atoms with van der Waals surface area (Å²) in [6.07, 6.45) is -0.183. The molecule has 0 aromatic heterocycles. The first-order valence-electron chi connectivity index (χ1n) is 2.51. The molecule has 8 heavy (non-hydrogen) atoms. The van der Waals surface area contributed by atoms with Gasteiger partial charge in [-0.05, 0) is 6.42 Å². The maximum atomic E-state index is 12.3. The third-order valence-corrected chi connectivity index (χ3v) is 2.69. The number of hydrogen-bond acceptors (Lipinski definition) is 0. The van der Waals surface area contributed by atoms with E-state index in [0.29, 0.717) is 18.2 Å². The number of halogens is 3. The summed E-state index contributed by atoms with van der Waals surface area (Å²) in [5.41, 5.74) is -0.344. The molecule has 0 aliphatic heterocycles. The van der Waals surface area contributed by atoms with Crippen LogP contribution in [0.3, 0.4) is 0 Å². The molecule has 0 N–H and O–H groups in total. The molecule has 0 spiro atoms. The van der Waals surface area contributed by atoms with Gasteiger partial charge in [-0.25, -0.2) is 4.39 Å². The Hall–Kier alpha value is 0.510. The maximum absolute atomic E-state index is 12.3. The highest BCUT2D eigenvalue weighted by Gasteiger charge is 2.53. The highest BCUT2D eigenvalue weighted by atomic mass is 35.5. The lowest BCUT2D eigenvalue weighted by Crippen LogP contribution is -2.07. The van der Waals surface area contributed by atoms with E-state index in [1.54, 1.807) is 0 Å². The van der Waals surface area contributed by atoms with E-state index in [1.165, 1.54) is 0 Å². The molecule has 0 heterocycles. The van der Waals surface area contributed by atoms with Crippen molar-refractivity contribution in [2.45, 2.75) is 12.6 Å². The molecular formula is C5H7Cl2F. The van der Waals surface area contributed by atoms with Crippen molar-refractivity contribution in [2.75, 3.05) is 11.8 Å². The Kier molecular flexibility index (Phi) is 1.68. The second-order valence-corrected chi connectivity index (χ2v) is 2.84. The molecule has 0 nitrogen and oxygen atoms in total. The minimum Gasteiger partial charge on any atom is -0.247 e. The van der Waals surface area contributed by atoms with Crippen molar-refractivity contribution in [1.29, 1.82) is 0 Å². The SMILES string of the molecule is F[C@H]1CC1(CCl)CCl. The van der Waals surface area contributed by atoms with Gasteiger partial charge in [-0.15, -0.1) is 23.2 Å². The lowest BCUT2D eigenvalue weighted by molar-refractivity contribution is 0.403. The van der Waals surface area contributed by atoms with Crippen molar-refractivity contribution >= 4 is 23.2 Å². The van der Waals surface area contributed by atoms with Crippen LogP contribution < -0.4 is 0 Å².